The lowest BCUT2D eigenvalue weighted by Crippen LogP contribution is -2.26. The molecule has 1 atom stereocenters. The normalized spacial score (nSPS) is 13.1. The Bertz CT molecular complexity index is 748. The third kappa shape index (κ3) is 3.81. The Labute approximate surface area is 131 Å². The van der Waals surface area contributed by atoms with Crippen molar-refractivity contribution in [2.75, 3.05) is 5.73 Å². The zero-order valence-corrected chi connectivity index (χ0v) is 13.6. The molecule has 0 saturated carbocycles. The summed E-state index contributed by atoms with van der Waals surface area (Å²) in [4.78, 5) is 0.109. The number of benzene rings is 2. The van der Waals surface area contributed by atoms with Gasteiger partial charge in [-0.2, -0.15) is 0 Å². The Morgan fingerprint density at radius 1 is 1.19 bits per heavy atom. The minimum Gasteiger partial charge on any atom is -0.398 e. The van der Waals surface area contributed by atoms with Crippen molar-refractivity contribution < 1.29 is 12.8 Å². The number of sulfonamides is 1. The predicted molar refractivity (Wildman–Crippen MR) is 83.7 cm³/mol. The molecule has 21 heavy (non-hydrogen) atoms. The first-order chi connectivity index (χ1) is 9.79. The Hall–Kier alpha value is -1.44. The molecule has 2 aromatic carbocycles. The van der Waals surface area contributed by atoms with Gasteiger partial charge in [0.15, 0.2) is 0 Å². The fourth-order valence-corrected chi connectivity index (χ4v) is 3.58. The topological polar surface area (TPSA) is 72.2 Å². The van der Waals surface area contributed by atoms with Crippen LogP contribution in [0.25, 0.3) is 0 Å². The van der Waals surface area contributed by atoms with E-state index >= 15 is 0 Å². The first kappa shape index (κ1) is 15.9. The summed E-state index contributed by atoms with van der Waals surface area (Å²) in [6, 6.07) is 9.57. The maximum atomic E-state index is 12.9. The molecule has 2 rings (SSSR count). The molecule has 112 valence electrons. The maximum Gasteiger partial charge on any atom is 0.241 e. The van der Waals surface area contributed by atoms with Crippen LogP contribution in [-0.2, 0) is 10.0 Å². The van der Waals surface area contributed by atoms with Crippen molar-refractivity contribution in [3.63, 3.8) is 0 Å². The fraction of sp³-hybridized carbons (Fsp3) is 0.143. The van der Waals surface area contributed by atoms with E-state index in [0.29, 0.717) is 15.7 Å². The Kier molecular flexibility index (Phi) is 4.65. The molecule has 0 aliphatic heterocycles. The van der Waals surface area contributed by atoms with Crippen LogP contribution < -0.4 is 10.5 Å². The molecule has 0 radical (unpaired) electrons. The molecule has 1 unspecified atom stereocenters. The van der Waals surface area contributed by atoms with E-state index in [-0.39, 0.29) is 10.7 Å². The highest BCUT2D eigenvalue weighted by Crippen LogP contribution is 2.24. The van der Waals surface area contributed by atoms with Crippen LogP contribution in [0, 0.1) is 5.82 Å². The summed E-state index contributed by atoms with van der Waals surface area (Å²) < 4.78 is 40.5. The number of anilines is 1. The van der Waals surface area contributed by atoms with Crippen LogP contribution in [0.3, 0.4) is 0 Å². The quantitative estimate of drug-likeness (QED) is 0.809. The number of halogens is 2. The second-order valence-electron chi connectivity index (χ2n) is 4.58. The second kappa shape index (κ2) is 6.13. The molecule has 0 amide bonds. The highest BCUT2D eigenvalue weighted by molar-refractivity contribution is 9.10. The number of hydrogen-bond donors (Lipinski definition) is 2. The van der Waals surface area contributed by atoms with E-state index in [2.05, 4.69) is 20.7 Å². The molecule has 0 aliphatic rings. The zero-order chi connectivity index (χ0) is 15.6. The number of nitrogens with one attached hydrogen (secondary N) is 1. The number of rotatable bonds is 4. The Balaban J connectivity index is 2.24. The molecular weight excluding hydrogens is 359 g/mol. The SMILES string of the molecule is CC(NS(=O)(=O)c1ccc(N)c(Br)c1)c1ccc(F)cc1. The molecular formula is C14H14BrFN2O2S. The highest BCUT2D eigenvalue weighted by Gasteiger charge is 2.19. The lowest BCUT2D eigenvalue weighted by molar-refractivity contribution is 0.566. The first-order valence-electron chi connectivity index (χ1n) is 6.12. The highest BCUT2D eigenvalue weighted by atomic mass is 79.9. The number of nitrogen functional groups attached to an aromatic ring is 1. The van der Waals surface area contributed by atoms with Crippen LogP contribution in [0.15, 0.2) is 51.8 Å². The molecule has 0 spiro atoms. The van der Waals surface area contributed by atoms with Gasteiger partial charge in [-0.05, 0) is 58.7 Å². The molecule has 0 aromatic heterocycles. The Morgan fingerprint density at radius 3 is 2.38 bits per heavy atom. The molecule has 0 saturated heterocycles. The lowest BCUT2D eigenvalue weighted by atomic mass is 10.1. The van der Waals surface area contributed by atoms with Crippen LogP contribution in [0.2, 0.25) is 0 Å². The fourth-order valence-electron chi connectivity index (χ4n) is 1.80. The third-order valence-electron chi connectivity index (χ3n) is 2.98. The van der Waals surface area contributed by atoms with Gasteiger partial charge in [-0.15, -0.1) is 0 Å². The van der Waals surface area contributed by atoms with Gasteiger partial charge in [-0.1, -0.05) is 12.1 Å². The van der Waals surface area contributed by atoms with Gasteiger partial charge < -0.3 is 5.73 Å². The number of nitrogens with two attached hydrogens (primary N) is 1. The minimum atomic E-state index is -3.69. The summed E-state index contributed by atoms with van der Waals surface area (Å²) in [6.07, 6.45) is 0. The lowest BCUT2D eigenvalue weighted by Gasteiger charge is -2.15. The van der Waals surface area contributed by atoms with Crippen molar-refractivity contribution >= 4 is 31.6 Å². The predicted octanol–water partition coefficient (Wildman–Crippen LogP) is 3.21. The average Bonchev–Trinajstić information content (AvgIpc) is 2.42. The Morgan fingerprint density at radius 2 is 1.81 bits per heavy atom. The summed E-state index contributed by atoms with van der Waals surface area (Å²) in [5.74, 6) is -0.365. The second-order valence-corrected chi connectivity index (χ2v) is 7.15. The van der Waals surface area contributed by atoms with Crippen LogP contribution in [-0.4, -0.2) is 8.42 Å². The van der Waals surface area contributed by atoms with Crippen LogP contribution in [0.5, 0.6) is 0 Å². The van der Waals surface area contributed by atoms with Gasteiger partial charge in [0.25, 0.3) is 0 Å². The third-order valence-corrected chi connectivity index (χ3v) is 5.21. The van der Waals surface area contributed by atoms with Gasteiger partial charge in [0.2, 0.25) is 10.0 Å². The summed E-state index contributed by atoms with van der Waals surface area (Å²) in [5.41, 5.74) is 6.78. The molecule has 0 fully saturated rings. The van der Waals surface area contributed by atoms with Crippen molar-refractivity contribution in [2.24, 2.45) is 0 Å². The smallest absolute Gasteiger partial charge is 0.241 e. The van der Waals surface area contributed by atoms with Gasteiger partial charge in [0, 0.05) is 16.2 Å². The summed E-state index contributed by atoms with van der Waals surface area (Å²) in [5, 5.41) is 0. The molecule has 0 aliphatic carbocycles. The van der Waals surface area contributed by atoms with E-state index < -0.39 is 16.1 Å². The van der Waals surface area contributed by atoms with Crippen LogP contribution in [0.1, 0.15) is 18.5 Å². The standard InChI is InChI=1S/C14H14BrFN2O2S/c1-9(10-2-4-11(16)5-3-10)18-21(19,20)12-6-7-14(17)13(15)8-12/h2-9,18H,17H2,1H3. The summed E-state index contributed by atoms with van der Waals surface area (Å²) in [7, 11) is -3.69. The van der Waals surface area contributed by atoms with Gasteiger partial charge >= 0.3 is 0 Å². The average molecular weight is 373 g/mol. The summed E-state index contributed by atoms with van der Waals surface area (Å²) >= 11 is 3.20. The first-order valence-corrected chi connectivity index (χ1v) is 8.40. The van der Waals surface area contributed by atoms with Gasteiger partial charge in [0.1, 0.15) is 5.82 Å². The van der Waals surface area contributed by atoms with E-state index in [1.807, 2.05) is 0 Å². The van der Waals surface area contributed by atoms with E-state index in [9.17, 15) is 12.8 Å². The van der Waals surface area contributed by atoms with Crippen LogP contribution in [0.4, 0.5) is 10.1 Å². The molecule has 4 nitrogen and oxygen atoms in total. The van der Waals surface area contributed by atoms with E-state index in [1.54, 1.807) is 19.1 Å². The van der Waals surface area contributed by atoms with Crippen molar-refractivity contribution in [1.29, 1.82) is 0 Å². The summed E-state index contributed by atoms with van der Waals surface area (Å²) in [6.45, 7) is 1.69. The monoisotopic (exact) mass is 372 g/mol. The molecule has 3 N–H and O–H groups in total. The zero-order valence-electron chi connectivity index (χ0n) is 11.2. The van der Waals surface area contributed by atoms with E-state index in [4.69, 9.17) is 5.73 Å². The largest absolute Gasteiger partial charge is 0.398 e. The van der Waals surface area contributed by atoms with Crippen molar-refractivity contribution in [3.8, 4) is 0 Å². The van der Waals surface area contributed by atoms with Gasteiger partial charge in [-0.25, -0.2) is 17.5 Å². The van der Waals surface area contributed by atoms with E-state index in [0.717, 1.165) is 0 Å². The molecule has 7 heteroatoms. The molecule has 2 aromatic rings. The van der Waals surface area contributed by atoms with Gasteiger partial charge in [0.05, 0.1) is 4.90 Å². The minimum absolute atomic E-state index is 0.109. The van der Waals surface area contributed by atoms with Gasteiger partial charge in [-0.3, -0.25) is 0 Å². The number of hydrogen-bond acceptors (Lipinski definition) is 3. The maximum absolute atomic E-state index is 12.9. The van der Waals surface area contributed by atoms with Crippen molar-refractivity contribution in [1.82, 2.24) is 4.72 Å². The molecule has 0 bridgehead atoms. The van der Waals surface area contributed by atoms with Crippen molar-refractivity contribution in [2.45, 2.75) is 17.9 Å². The van der Waals surface area contributed by atoms with Crippen LogP contribution >= 0.6 is 15.9 Å². The molecule has 0 heterocycles. The van der Waals surface area contributed by atoms with E-state index in [1.165, 1.54) is 30.3 Å². The van der Waals surface area contributed by atoms with Crippen molar-refractivity contribution in [3.05, 3.63) is 58.3 Å².